The van der Waals surface area contributed by atoms with Gasteiger partial charge in [0.1, 0.15) is 5.75 Å². The molecule has 2 rings (SSSR count). The van der Waals surface area contributed by atoms with E-state index in [0.29, 0.717) is 12.5 Å². The van der Waals surface area contributed by atoms with Crippen LogP contribution in [0.5, 0.6) is 5.75 Å². The molecular weight excluding hydrogens is 324 g/mol. The molecule has 1 aliphatic heterocycles. The highest BCUT2D eigenvalue weighted by Gasteiger charge is 2.37. The topological polar surface area (TPSA) is 46.2 Å². The summed E-state index contributed by atoms with van der Waals surface area (Å²) in [5, 5.41) is 0. The molecule has 6 heteroatoms. The number of benzene rings is 1. The second kappa shape index (κ2) is 7.97. The molecule has 0 N–H and O–H groups in total. The molecule has 0 fully saturated rings. The molecule has 1 atom stereocenters. The molecule has 0 saturated heterocycles. The number of aryl methyl sites for hydroxylation is 1. The van der Waals surface area contributed by atoms with Gasteiger partial charge in [-0.05, 0) is 30.0 Å². The highest BCUT2D eigenvalue weighted by molar-refractivity contribution is 6.60. The first-order valence-corrected chi connectivity index (χ1v) is 10.4. The molecule has 1 aromatic carbocycles. The first kappa shape index (κ1) is 19.4. The maximum atomic E-state index is 6.11. The molecule has 1 unspecified atom stereocenters. The Balaban J connectivity index is 2.05. The maximum Gasteiger partial charge on any atom is 0.500 e. The van der Waals surface area contributed by atoms with Crippen molar-refractivity contribution in [1.82, 2.24) is 0 Å². The van der Waals surface area contributed by atoms with Crippen molar-refractivity contribution in [2.75, 3.05) is 21.3 Å². The van der Waals surface area contributed by atoms with Gasteiger partial charge in [-0.3, -0.25) is 0 Å². The van der Waals surface area contributed by atoms with Gasteiger partial charge in [0.25, 0.3) is 0 Å². The Hall–Kier alpha value is -0.923. The molecule has 1 aliphatic rings. The van der Waals surface area contributed by atoms with E-state index in [0.717, 1.165) is 30.2 Å². The van der Waals surface area contributed by atoms with Gasteiger partial charge in [-0.2, -0.15) is 0 Å². The number of fused-ring (bicyclic) bond motifs is 1. The standard InChI is InChI=1S/C18H30O5Si/c1-14(2)12-18(3)22-13-16-11-15(7-8-17(16)23-18)9-10-24(19-4,20-5)21-6/h7-8,11,14H,9-10,12-13H2,1-6H3. The lowest BCUT2D eigenvalue weighted by Gasteiger charge is -2.37. The van der Waals surface area contributed by atoms with E-state index in [4.69, 9.17) is 22.8 Å². The van der Waals surface area contributed by atoms with Crippen LogP contribution in [0.2, 0.25) is 6.04 Å². The quantitative estimate of drug-likeness (QED) is 0.665. The first-order chi connectivity index (χ1) is 11.4. The van der Waals surface area contributed by atoms with Gasteiger partial charge in [-0.25, -0.2) is 0 Å². The van der Waals surface area contributed by atoms with Gasteiger partial charge in [0.05, 0.1) is 6.61 Å². The lowest BCUT2D eigenvalue weighted by molar-refractivity contribution is -0.202. The minimum atomic E-state index is -2.54. The molecule has 1 aromatic rings. The fourth-order valence-electron chi connectivity index (χ4n) is 3.19. The summed E-state index contributed by atoms with van der Waals surface area (Å²) >= 11 is 0. The summed E-state index contributed by atoms with van der Waals surface area (Å²) in [6, 6.07) is 7.02. The largest absolute Gasteiger partial charge is 0.500 e. The Kier molecular flexibility index (Phi) is 6.44. The Morgan fingerprint density at radius 3 is 2.42 bits per heavy atom. The van der Waals surface area contributed by atoms with Crippen LogP contribution in [0.3, 0.4) is 0 Å². The van der Waals surface area contributed by atoms with Crippen LogP contribution < -0.4 is 4.74 Å². The third-order valence-corrected chi connectivity index (χ3v) is 7.14. The van der Waals surface area contributed by atoms with E-state index in [1.165, 1.54) is 5.56 Å². The third kappa shape index (κ3) is 4.58. The number of rotatable bonds is 8. The van der Waals surface area contributed by atoms with Crippen molar-refractivity contribution in [3.05, 3.63) is 29.3 Å². The van der Waals surface area contributed by atoms with E-state index in [2.05, 4.69) is 26.0 Å². The number of ether oxygens (including phenoxy) is 2. The molecule has 0 bridgehead atoms. The van der Waals surface area contributed by atoms with Gasteiger partial charge in [-0.1, -0.05) is 19.9 Å². The Bertz CT molecular complexity index is 536. The van der Waals surface area contributed by atoms with E-state index in [9.17, 15) is 0 Å². The number of hydrogen-bond acceptors (Lipinski definition) is 5. The van der Waals surface area contributed by atoms with E-state index in [-0.39, 0.29) is 0 Å². The Morgan fingerprint density at radius 2 is 1.83 bits per heavy atom. The second-order valence-electron chi connectivity index (χ2n) is 6.86. The molecule has 24 heavy (non-hydrogen) atoms. The minimum Gasteiger partial charge on any atom is -0.462 e. The van der Waals surface area contributed by atoms with Crippen LogP contribution in [0.25, 0.3) is 0 Å². The molecule has 136 valence electrons. The van der Waals surface area contributed by atoms with E-state index in [1.54, 1.807) is 21.3 Å². The summed E-state index contributed by atoms with van der Waals surface area (Å²) in [5.74, 6) is 0.903. The SMILES string of the molecule is CO[Si](CCc1ccc2c(c1)COC(C)(CC(C)C)O2)(OC)OC. The summed E-state index contributed by atoms with van der Waals surface area (Å²) in [6.45, 7) is 6.94. The summed E-state index contributed by atoms with van der Waals surface area (Å²) in [5.41, 5.74) is 2.30. The fraction of sp³-hybridized carbons (Fsp3) is 0.667. The first-order valence-electron chi connectivity index (χ1n) is 8.45. The monoisotopic (exact) mass is 354 g/mol. The van der Waals surface area contributed by atoms with Crippen LogP contribution in [-0.4, -0.2) is 35.9 Å². The zero-order chi connectivity index (χ0) is 17.8. The normalized spacial score (nSPS) is 20.8. The van der Waals surface area contributed by atoms with Gasteiger partial charge in [0.15, 0.2) is 0 Å². The smallest absolute Gasteiger partial charge is 0.462 e. The van der Waals surface area contributed by atoms with Crippen molar-refractivity contribution < 1.29 is 22.8 Å². The summed E-state index contributed by atoms with van der Waals surface area (Å²) in [7, 11) is 2.39. The zero-order valence-electron chi connectivity index (χ0n) is 15.7. The molecule has 0 saturated carbocycles. The van der Waals surface area contributed by atoms with Crippen LogP contribution in [-0.2, 0) is 31.0 Å². The van der Waals surface area contributed by atoms with Gasteiger partial charge in [-0.15, -0.1) is 0 Å². The zero-order valence-corrected chi connectivity index (χ0v) is 16.7. The van der Waals surface area contributed by atoms with Crippen molar-refractivity contribution in [3.8, 4) is 5.75 Å². The highest BCUT2D eigenvalue weighted by atomic mass is 28.4. The Labute approximate surface area is 146 Å². The molecule has 0 radical (unpaired) electrons. The van der Waals surface area contributed by atoms with Gasteiger partial charge in [0.2, 0.25) is 5.79 Å². The van der Waals surface area contributed by atoms with E-state index < -0.39 is 14.6 Å². The van der Waals surface area contributed by atoms with Crippen LogP contribution in [0, 0.1) is 5.92 Å². The van der Waals surface area contributed by atoms with Gasteiger partial charge < -0.3 is 22.8 Å². The molecule has 0 spiro atoms. The fourth-order valence-corrected chi connectivity index (χ4v) is 4.90. The van der Waals surface area contributed by atoms with Crippen molar-refractivity contribution in [1.29, 1.82) is 0 Å². The van der Waals surface area contributed by atoms with Crippen LogP contribution >= 0.6 is 0 Å². The van der Waals surface area contributed by atoms with Crippen LogP contribution in [0.4, 0.5) is 0 Å². The molecule has 1 heterocycles. The highest BCUT2D eigenvalue weighted by Crippen LogP contribution is 2.35. The average Bonchev–Trinajstić information content (AvgIpc) is 2.55. The lowest BCUT2D eigenvalue weighted by atomic mass is 10.0. The van der Waals surface area contributed by atoms with Crippen molar-refractivity contribution >= 4 is 8.80 Å². The van der Waals surface area contributed by atoms with E-state index >= 15 is 0 Å². The predicted molar refractivity (Wildman–Crippen MR) is 95.0 cm³/mol. The molecule has 0 aromatic heterocycles. The predicted octanol–water partition coefficient (Wildman–Crippen LogP) is 3.78. The van der Waals surface area contributed by atoms with E-state index in [1.807, 2.05) is 13.0 Å². The summed E-state index contributed by atoms with van der Waals surface area (Å²) in [6.07, 6.45) is 1.70. The van der Waals surface area contributed by atoms with Crippen LogP contribution in [0.15, 0.2) is 18.2 Å². The van der Waals surface area contributed by atoms with Crippen molar-refractivity contribution in [3.63, 3.8) is 0 Å². The van der Waals surface area contributed by atoms with Crippen molar-refractivity contribution in [2.45, 2.75) is 52.1 Å². The maximum absolute atomic E-state index is 6.11. The summed E-state index contributed by atoms with van der Waals surface area (Å²) in [4.78, 5) is 0. The molecule has 5 nitrogen and oxygen atoms in total. The van der Waals surface area contributed by atoms with Gasteiger partial charge in [0, 0.05) is 46.3 Å². The summed E-state index contributed by atoms with van der Waals surface area (Å²) < 4.78 is 28.5. The lowest BCUT2D eigenvalue weighted by Crippen LogP contribution is -2.43. The van der Waals surface area contributed by atoms with Crippen molar-refractivity contribution in [2.24, 2.45) is 5.92 Å². The average molecular weight is 355 g/mol. The molecule has 0 amide bonds. The minimum absolute atomic E-state index is 0.519. The number of hydrogen-bond donors (Lipinski definition) is 0. The molecular formula is C18H30O5Si. The molecule has 0 aliphatic carbocycles. The second-order valence-corrected chi connectivity index (χ2v) is 9.95. The Morgan fingerprint density at radius 1 is 1.17 bits per heavy atom. The van der Waals surface area contributed by atoms with Gasteiger partial charge >= 0.3 is 8.80 Å². The van der Waals surface area contributed by atoms with Crippen LogP contribution in [0.1, 0.15) is 38.3 Å². The third-order valence-electron chi connectivity index (χ3n) is 4.42.